The smallest absolute Gasteiger partial charge is 0.462 e. The highest BCUT2D eigenvalue weighted by atomic mass is 19.3. The Morgan fingerprint density at radius 2 is 1.67 bits per heavy atom. The Kier molecular flexibility index (Phi) is 4.08. The summed E-state index contributed by atoms with van der Waals surface area (Å²) in [5.41, 5.74) is -1.38. The lowest BCUT2D eigenvalue weighted by atomic mass is 9.81. The van der Waals surface area contributed by atoms with Gasteiger partial charge >= 0.3 is 19.0 Å². The maximum absolute atomic E-state index is 13.5. The van der Waals surface area contributed by atoms with E-state index in [1.807, 2.05) is 0 Å². The first-order chi connectivity index (χ1) is 8.02. The van der Waals surface area contributed by atoms with Crippen LogP contribution in [0.2, 0.25) is 6.32 Å². The van der Waals surface area contributed by atoms with E-state index in [9.17, 15) is 13.6 Å². The molecule has 0 radical (unpaired) electrons. The second-order valence-corrected chi connectivity index (χ2v) is 5.31. The third-order valence-electron chi connectivity index (χ3n) is 3.30. The van der Waals surface area contributed by atoms with Crippen molar-refractivity contribution in [3.05, 3.63) is 0 Å². The number of esters is 1. The van der Waals surface area contributed by atoms with Crippen LogP contribution < -0.4 is 0 Å². The summed E-state index contributed by atoms with van der Waals surface area (Å²) in [6, 6.07) is 0. The number of halogens is 2. The maximum Gasteiger partial charge on any atom is 0.464 e. The number of hydrogen-bond donors (Lipinski definition) is 0. The van der Waals surface area contributed by atoms with Gasteiger partial charge in [-0.2, -0.15) is 8.78 Å². The SMILES string of the molecule is CCOC(=O)C(F)(F)CB1OC(C)(C)C(C)(C)O1. The quantitative estimate of drug-likeness (QED) is 0.577. The molecule has 1 aliphatic heterocycles. The zero-order chi connectivity index (χ0) is 14.2. The van der Waals surface area contributed by atoms with Crippen molar-refractivity contribution in [2.75, 3.05) is 6.61 Å². The van der Waals surface area contributed by atoms with Crippen molar-refractivity contribution >= 4 is 13.1 Å². The highest BCUT2D eigenvalue weighted by Crippen LogP contribution is 2.40. The summed E-state index contributed by atoms with van der Waals surface area (Å²) in [7, 11) is -1.12. The molecule has 104 valence electrons. The molecule has 0 spiro atoms. The molecule has 0 N–H and O–H groups in total. The Morgan fingerprint density at radius 3 is 2.06 bits per heavy atom. The van der Waals surface area contributed by atoms with Crippen LogP contribution in [0, 0.1) is 0 Å². The molecule has 1 saturated heterocycles. The van der Waals surface area contributed by atoms with Gasteiger partial charge in [-0.05, 0) is 34.6 Å². The highest BCUT2D eigenvalue weighted by Gasteiger charge is 2.56. The lowest BCUT2D eigenvalue weighted by Crippen LogP contribution is -2.41. The molecule has 1 fully saturated rings. The molecule has 7 heteroatoms. The van der Waals surface area contributed by atoms with Gasteiger partial charge in [0.1, 0.15) is 0 Å². The third-order valence-corrected chi connectivity index (χ3v) is 3.30. The molecule has 0 aliphatic carbocycles. The van der Waals surface area contributed by atoms with Gasteiger partial charge in [0.2, 0.25) is 0 Å². The zero-order valence-corrected chi connectivity index (χ0v) is 11.4. The van der Waals surface area contributed by atoms with E-state index in [4.69, 9.17) is 9.31 Å². The molecular formula is C11H19BF2O4. The Morgan fingerprint density at radius 1 is 1.22 bits per heavy atom. The molecular weight excluding hydrogens is 245 g/mol. The molecule has 4 nitrogen and oxygen atoms in total. The van der Waals surface area contributed by atoms with Crippen LogP contribution in [-0.4, -0.2) is 36.8 Å². The Hall–Kier alpha value is -0.685. The first-order valence-corrected chi connectivity index (χ1v) is 5.92. The molecule has 0 aromatic carbocycles. The van der Waals surface area contributed by atoms with Gasteiger partial charge in [-0.25, -0.2) is 4.79 Å². The van der Waals surface area contributed by atoms with Crippen LogP contribution in [0.15, 0.2) is 0 Å². The first kappa shape index (κ1) is 15.4. The number of hydrogen-bond acceptors (Lipinski definition) is 4. The summed E-state index contributed by atoms with van der Waals surface area (Å²) < 4.78 is 42.2. The first-order valence-electron chi connectivity index (χ1n) is 5.92. The predicted octanol–water partition coefficient (Wildman–Crippen LogP) is 2.28. The maximum atomic E-state index is 13.5. The minimum absolute atomic E-state index is 0.0855. The van der Waals surface area contributed by atoms with E-state index >= 15 is 0 Å². The fraction of sp³-hybridized carbons (Fsp3) is 0.909. The van der Waals surface area contributed by atoms with Crippen LogP contribution in [0.3, 0.4) is 0 Å². The van der Waals surface area contributed by atoms with Crippen molar-refractivity contribution in [3.8, 4) is 0 Å². The molecule has 0 saturated carbocycles. The third kappa shape index (κ3) is 3.01. The van der Waals surface area contributed by atoms with E-state index in [1.54, 1.807) is 27.7 Å². The van der Waals surface area contributed by atoms with Crippen LogP contribution in [0.5, 0.6) is 0 Å². The van der Waals surface area contributed by atoms with Crippen LogP contribution in [0.1, 0.15) is 34.6 Å². The summed E-state index contributed by atoms with van der Waals surface area (Å²) in [5, 5.41) is 0. The number of rotatable bonds is 4. The van der Waals surface area contributed by atoms with E-state index in [0.29, 0.717) is 0 Å². The van der Waals surface area contributed by atoms with Gasteiger partial charge in [-0.15, -0.1) is 0 Å². The molecule has 0 aromatic heterocycles. The van der Waals surface area contributed by atoms with Crippen molar-refractivity contribution in [2.24, 2.45) is 0 Å². The number of carbonyl (C=O) groups is 1. The zero-order valence-electron chi connectivity index (χ0n) is 11.4. The molecule has 1 aliphatic rings. The summed E-state index contributed by atoms with van der Waals surface area (Å²) in [6.07, 6.45) is -0.835. The summed E-state index contributed by atoms with van der Waals surface area (Å²) >= 11 is 0. The topological polar surface area (TPSA) is 44.8 Å². The van der Waals surface area contributed by atoms with Gasteiger partial charge in [-0.3, -0.25) is 0 Å². The van der Waals surface area contributed by atoms with Crippen molar-refractivity contribution < 1.29 is 27.6 Å². The number of ether oxygens (including phenoxy) is 1. The summed E-state index contributed by atoms with van der Waals surface area (Å²) in [6.45, 7) is 8.43. The molecule has 18 heavy (non-hydrogen) atoms. The van der Waals surface area contributed by atoms with Gasteiger partial charge in [-0.1, -0.05) is 0 Å². The number of alkyl halides is 2. The van der Waals surface area contributed by atoms with Crippen molar-refractivity contribution in [1.82, 2.24) is 0 Å². The van der Waals surface area contributed by atoms with Gasteiger partial charge < -0.3 is 14.0 Å². The molecule has 0 atom stereocenters. The number of carbonyl (C=O) groups excluding carboxylic acids is 1. The van der Waals surface area contributed by atoms with Crippen molar-refractivity contribution in [1.29, 1.82) is 0 Å². The molecule has 0 unspecified atom stereocenters. The van der Waals surface area contributed by atoms with Crippen LogP contribution in [0.25, 0.3) is 0 Å². The Bertz CT molecular complexity index is 315. The van der Waals surface area contributed by atoms with E-state index in [-0.39, 0.29) is 6.61 Å². The monoisotopic (exact) mass is 264 g/mol. The van der Waals surface area contributed by atoms with E-state index < -0.39 is 36.5 Å². The van der Waals surface area contributed by atoms with Gasteiger partial charge in [0, 0.05) is 0 Å². The minimum Gasteiger partial charge on any atom is -0.462 e. The fourth-order valence-corrected chi connectivity index (χ4v) is 1.58. The predicted molar refractivity (Wildman–Crippen MR) is 62.5 cm³/mol. The Balaban J connectivity index is 2.68. The normalized spacial score (nSPS) is 22.1. The van der Waals surface area contributed by atoms with Crippen molar-refractivity contribution in [2.45, 2.75) is 58.1 Å². The van der Waals surface area contributed by atoms with Crippen LogP contribution in [0.4, 0.5) is 8.78 Å². The molecule has 1 heterocycles. The fourth-order valence-electron chi connectivity index (χ4n) is 1.58. The summed E-state index contributed by atoms with van der Waals surface area (Å²) in [5.74, 6) is -5.14. The van der Waals surface area contributed by atoms with Crippen LogP contribution >= 0.6 is 0 Å². The van der Waals surface area contributed by atoms with Gasteiger partial charge in [0.05, 0.1) is 24.1 Å². The van der Waals surface area contributed by atoms with E-state index in [1.165, 1.54) is 6.92 Å². The molecule has 0 aromatic rings. The average Bonchev–Trinajstić information content (AvgIpc) is 2.33. The van der Waals surface area contributed by atoms with E-state index in [2.05, 4.69) is 4.74 Å². The van der Waals surface area contributed by atoms with Crippen molar-refractivity contribution in [3.63, 3.8) is 0 Å². The van der Waals surface area contributed by atoms with Gasteiger partial charge in [0.15, 0.2) is 0 Å². The molecule has 0 bridgehead atoms. The summed E-state index contributed by atoms with van der Waals surface area (Å²) in [4.78, 5) is 11.1. The highest BCUT2D eigenvalue weighted by molar-refractivity contribution is 6.46. The average molecular weight is 264 g/mol. The molecule has 1 rings (SSSR count). The minimum atomic E-state index is -3.60. The largest absolute Gasteiger partial charge is 0.464 e. The molecule has 0 amide bonds. The second-order valence-electron chi connectivity index (χ2n) is 5.31. The van der Waals surface area contributed by atoms with E-state index in [0.717, 1.165) is 0 Å². The Labute approximate surface area is 106 Å². The second kappa shape index (κ2) is 4.77. The van der Waals surface area contributed by atoms with Gasteiger partial charge in [0.25, 0.3) is 0 Å². The lowest BCUT2D eigenvalue weighted by molar-refractivity contribution is -0.169. The lowest BCUT2D eigenvalue weighted by Gasteiger charge is -2.32. The standard InChI is InChI=1S/C11H19BF2O4/c1-6-16-8(15)11(13,14)7-12-17-9(2,3)10(4,5)18-12/h6-7H2,1-5H3. The van der Waals surface area contributed by atoms with Crippen LogP contribution in [-0.2, 0) is 18.8 Å².